The van der Waals surface area contributed by atoms with Gasteiger partial charge in [0.15, 0.2) is 5.11 Å². The van der Waals surface area contributed by atoms with Crippen molar-refractivity contribution in [2.45, 2.75) is 76.5 Å². The highest BCUT2D eigenvalue weighted by molar-refractivity contribution is 7.80. The third-order valence-corrected chi connectivity index (χ3v) is 13.1. The number of nitrogens with zero attached hydrogens (tertiary/aromatic N) is 4. The van der Waals surface area contributed by atoms with Crippen LogP contribution in [-0.2, 0) is 0 Å². The first kappa shape index (κ1) is 33.6. The van der Waals surface area contributed by atoms with Crippen molar-refractivity contribution in [1.29, 1.82) is 0 Å². The molecule has 6 aliphatic heterocycles. The van der Waals surface area contributed by atoms with E-state index in [2.05, 4.69) is 70.7 Å². The van der Waals surface area contributed by atoms with Gasteiger partial charge in [-0.1, -0.05) is 26.7 Å². The number of hydrogen-bond acceptors (Lipinski definition) is 7. The summed E-state index contributed by atoms with van der Waals surface area (Å²) in [5.74, 6) is 4.70. The highest BCUT2D eigenvalue weighted by Crippen LogP contribution is 2.45. The highest BCUT2D eigenvalue weighted by Gasteiger charge is 2.45. The van der Waals surface area contributed by atoms with Crippen LogP contribution in [0.25, 0.3) is 21.8 Å². The van der Waals surface area contributed by atoms with Gasteiger partial charge in [0.1, 0.15) is 11.5 Å². The smallest absolute Gasteiger partial charge is 0.167 e. The van der Waals surface area contributed by atoms with Crippen molar-refractivity contribution in [2.24, 2.45) is 23.7 Å². The summed E-state index contributed by atoms with van der Waals surface area (Å²) in [6.07, 6.45) is 11.3. The van der Waals surface area contributed by atoms with E-state index in [4.69, 9.17) is 31.7 Å². The number of thiocarbonyl (C=S) groups is 1. The molecule has 8 nitrogen and oxygen atoms in total. The number of piperidine rings is 6. The molecule has 50 heavy (non-hydrogen) atoms. The molecule has 8 heterocycles. The summed E-state index contributed by atoms with van der Waals surface area (Å²) in [5.41, 5.74) is 4.40. The van der Waals surface area contributed by atoms with Gasteiger partial charge in [0.2, 0.25) is 0 Å². The Kier molecular flexibility index (Phi) is 9.57. The first-order valence-corrected chi connectivity index (χ1v) is 19.3. The number of aromatic nitrogens is 2. The second-order valence-electron chi connectivity index (χ2n) is 15.2. The standard InChI is InChI=1S/C41H52N6O2S/c1-5-25-23-46-17-13-27(25)19-37(46)39(31-11-15-42-35-9-7-29(48-3)21-33(31)35)44-41(50)45-40(38-20-28-14-18-47(38)24-26(28)6-2)32-12-16-43-36-10-8-30(49-4)22-34(32)36/h7-12,15-16,21-22,25-28,37-40H,5-6,13-14,17-20,23-24H2,1-4H3,(H2,44,45,50)/t25-,26-,27-,28-,37-,38-,39-,40-/m0/s1. The molecule has 4 aromatic rings. The van der Waals surface area contributed by atoms with Gasteiger partial charge in [0.25, 0.3) is 0 Å². The van der Waals surface area contributed by atoms with Gasteiger partial charge in [-0.15, -0.1) is 0 Å². The van der Waals surface area contributed by atoms with Gasteiger partial charge < -0.3 is 20.1 Å². The van der Waals surface area contributed by atoms with Gasteiger partial charge in [0.05, 0.1) is 37.3 Å². The van der Waals surface area contributed by atoms with Crippen molar-refractivity contribution in [3.05, 3.63) is 72.1 Å². The van der Waals surface area contributed by atoms with Crippen LogP contribution in [0.5, 0.6) is 11.5 Å². The maximum atomic E-state index is 6.41. The van der Waals surface area contributed by atoms with Crippen molar-refractivity contribution >= 4 is 39.1 Å². The molecular weight excluding hydrogens is 641 g/mol. The summed E-state index contributed by atoms with van der Waals surface area (Å²) in [5, 5.41) is 10.9. The molecule has 9 heteroatoms. The van der Waals surface area contributed by atoms with Gasteiger partial charge in [-0.05, 0) is 134 Å². The Labute approximate surface area is 302 Å². The zero-order valence-electron chi connectivity index (χ0n) is 30.0. The number of hydrogen-bond donors (Lipinski definition) is 2. The lowest BCUT2D eigenvalue weighted by molar-refractivity contribution is -0.0155. The maximum Gasteiger partial charge on any atom is 0.167 e. The quantitative estimate of drug-likeness (QED) is 0.167. The van der Waals surface area contributed by atoms with Gasteiger partial charge in [-0.3, -0.25) is 19.8 Å². The van der Waals surface area contributed by atoms with Crippen LogP contribution < -0.4 is 20.1 Å². The highest BCUT2D eigenvalue weighted by atomic mass is 32.1. The molecule has 6 saturated heterocycles. The van der Waals surface area contributed by atoms with Crippen LogP contribution in [0.1, 0.15) is 75.6 Å². The van der Waals surface area contributed by atoms with Crippen LogP contribution >= 0.6 is 12.2 Å². The Morgan fingerprint density at radius 1 is 0.740 bits per heavy atom. The monoisotopic (exact) mass is 692 g/mol. The van der Waals surface area contributed by atoms with E-state index < -0.39 is 0 Å². The number of nitrogens with one attached hydrogen (secondary N) is 2. The van der Waals surface area contributed by atoms with E-state index in [0.29, 0.717) is 17.2 Å². The number of rotatable bonds is 10. The molecule has 6 fully saturated rings. The molecule has 10 rings (SSSR count). The maximum absolute atomic E-state index is 6.41. The topological polar surface area (TPSA) is 74.8 Å². The van der Waals surface area contributed by atoms with E-state index in [1.165, 1.54) is 49.7 Å². The first-order valence-electron chi connectivity index (χ1n) is 18.9. The Morgan fingerprint density at radius 2 is 1.20 bits per heavy atom. The number of benzene rings is 2. The number of methoxy groups -OCH3 is 2. The predicted molar refractivity (Wildman–Crippen MR) is 205 cm³/mol. The van der Waals surface area contributed by atoms with Crippen LogP contribution in [0.3, 0.4) is 0 Å². The zero-order chi connectivity index (χ0) is 34.4. The molecule has 0 spiro atoms. The molecule has 2 unspecified atom stereocenters. The molecule has 2 aromatic carbocycles. The average molecular weight is 693 g/mol. The summed E-state index contributed by atoms with van der Waals surface area (Å²) in [6, 6.07) is 17.5. The van der Waals surface area contributed by atoms with Crippen LogP contribution in [-0.4, -0.2) is 77.4 Å². The molecule has 2 aromatic heterocycles. The molecule has 0 aliphatic carbocycles. The largest absolute Gasteiger partial charge is 0.497 e. The predicted octanol–water partition coefficient (Wildman–Crippen LogP) is 7.29. The lowest BCUT2D eigenvalue weighted by Gasteiger charge is -2.53. The fraction of sp³-hybridized carbons (Fsp3) is 0.537. The molecule has 4 bridgehead atoms. The van der Waals surface area contributed by atoms with Crippen LogP contribution in [0.15, 0.2) is 60.9 Å². The molecule has 0 saturated carbocycles. The van der Waals surface area contributed by atoms with Crippen molar-refractivity contribution in [3.8, 4) is 11.5 Å². The summed E-state index contributed by atoms with van der Waals surface area (Å²) in [4.78, 5) is 15.0. The first-order chi connectivity index (χ1) is 24.5. The van der Waals surface area contributed by atoms with E-state index in [9.17, 15) is 0 Å². The fourth-order valence-corrected chi connectivity index (χ4v) is 10.4. The van der Waals surface area contributed by atoms with Gasteiger partial charge in [-0.2, -0.15) is 0 Å². The van der Waals surface area contributed by atoms with Gasteiger partial charge in [-0.25, -0.2) is 0 Å². The summed E-state index contributed by atoms with van der Waals surface area (Å²) >= 11 is 6.41. The fourth-order valence-electron chi connectivity index (χ4n) is 10.2. The van der Waals surface area contributed by atoms with Crippen LogP contribution in [0.4, 0.5) is 0 Å². The lowest BCUT2D eigenvalue weighted by Crippen LogP contribution is -2.60. The second kappa shape index (κ2) is 14.2. The van der Waals surface area contributed by atoms with Gasteiger partial charge in [0, 0.05) is 48.3 Å². The second-order valence-corrected chi connectivity index (χ2v) is 15.6. The average Bonchev–Trinajstić information content (AvgIpc) is 3.18. The lowest BCUT2D eigenvalue weighted by atomic mass is 9.72. The number of ether oxygens (including phenoxy) is 2. The molecule has 0 amide bonds. The summed E-state index contributed by atoms with van der Waals surface area (Å²) in [6.45, 7) is 9.30. The van der Waals surface area contributed by atoms with Crippen LogP contribution in [0.2, 0.25) is 0 Å². The summed E-state index contributed by atoms with van der Waals surface area (Å²) in [7, 11) is 3.47. The van der Waals surface area contributed by atoms with Crippen molar-refractivity contribution in [2.75, 3.05) is 40.4 Å². The van der Waals surface area contributed by atoms with E-state index in [0.717, 1.165) is 83.2 Å². The Bertz CT molecular complexity index is 1720. The third-order valence-electron chi connectivity index (χ3n) is 12.9. The molecular formula is C41H52N6O2S. The Hall–Kier alpha value is -3.53. The Balaban J connectivity index is 1.17. The third kappa shape index (κ3) is 6.19. The van der Waals surface area contributed by atoms with E-state index in [-0.39, 0.29) is 12.1 Å². The zero-order valence-corrected chi connectivity index (χ0v) is 30.8. The van der Waals surface area contributed by atoms with Crippen molar-refractivity contribution in [3.63, 3.8) is 0 Å². The van der Waals surface area contributed by atoms with E-state index in [1.807, 2.05) is 24.5 Å². The minimum Gasteiger partial charge on any atom is -0.497 e. The molecule has 264 valence electrons. The molecule has 0 radical (unpaired) electrons. The van der Waals surface area contributed by atoms with Crippen molar-refractivity contribution in [1.82, 2.24) is 30.4 Å². The van der Waals surface area contributed by atoms with Crippen molar-refractivity contribution < 1.29 is 9.47 Å². The van der Waals surface area contributed by atoms with E-state index >= 15 is 0 Å². The summed E-state index contributed by atoms with van der Waals surface area (Å²) < 4.78 is 11.4. The molecule has 10 atom stereocenters. The van der Waals surface area contributed by atoms with Crippen LogP contribution in [0, 0.1) is 23.7 Å². The number of fused-ring (bicyclic) bond motifs is 8. The molecule has 2 N–H and O–H groups in total. The Morgan fingerprint density at radius 3 is 1.58 bits per heavy atom. The van der Waals surface area contributed by atoms with Gasteiger partial charge >= 0.3 is 0 Å². The minimum atomic E-state index is -0.00396. The SMILES string of the molecule is CC[C@H]1CN2CC[C@H]1C[C@H]2[C@@H](NC(=S)N[C@@H](c1ccnc2ccc(OC)cc12)[C@@H]1C[C@@H]2CCN1C[C@@H]2CC)c1ccnc2ccc(OC)cc12. The molecule has 6 aliphatic rings. The minimum absolute atomic E-state index is 0.00396. The normalized spacial score (nSPS) is 29.8. The number of pyridine rings is 2. The van der Waals surface area contributed by atoms with E-state index in [1.54, 1.807) is 14.2 Å².